The van der Waals surface area contributed by atoms with Gasteiger partial charge < -0.3 is 10.1 Å². The van der Waals surface area contributed by atoms with Crippen LogP contribution in [0.3, 0.4) is 0 Å². The Morgan fingerprint density at radius 2 is 1.77 bits per heavy atom. The molecule has 160 valence electrons. The molecule has 0 radical (unpaired) electrons. The summed E-state index contributed by atoms with van der Waals surface area (Å²) in [6, 6.07) is 9.10. The third-order valence-corrected chi connectivity index (χ3v) is 7.40. The zero-order valence-electron chi connectivity index (χ0n) is 17.6. The lowest BCUT2D eigenvalue weighted by Gasteiger charge is -2.24. The Bertz CT molecular complexity index is 1080. The number of aryl methyl sites for hydroxylation is 2. The number of esters is 1. The van der Waals surface area contributed by atoms with Gasteiger partial charge in [-0.3, -0.25) is 4.79 Å². The lowest BCUT2D eigenvalue weighted by atomic mass is 10.0. The van der Waals surface area contributed by atoms with E-state index in [1.54, 1.807) is 43.3 Å². The van der Waals surface area contributed by atoms with Gasteiger partial charge in [-0.2, -0.15) is 4.31 Å². The molecular weight excluding hydrogens is 404 g/mol. The second kappa shape index (κ2) is 8.57. The molecule has 0 bridgehead atoms. The third kappa shape index (κ3) is 4.24. The molecule has 2 aromatic rings. The average Bonchev–Trinajstić information content (AvgIpc) is 3.21. The molecule has 0 unspecified atom stereocenters. The molecule has 0 spiro atoms. The van der Waals surface area contributed by atoms with E-state index in [0.29, 0.717) is 24.1 Å². The summed E-state index contributed by atoms with van der Waals surface area (Å²) in [4.78, 5) is 25.2. The van der Waals surface area contributed by atoms with Crippen LogP contribution in [0, 0.1) is 20.8 Å². The van der Waals surface area contributed by atoms with Crippen molar-refractivity contribution in [2.75, 3.05) is 19.0 Å². The Balaban J connectivity index is 1.85. The first kappa shape index (κ1) is 22.0. The van der Waals surface area contributed by atoms with Crippen LogP contribution in [0.15, 0.2) is 41.3 Å². The van der Waals surface area contributed by atoms with E-state index in [2.05, 4.69) is 5.32 Å². The summed E-state index contributed by atoms with van der Waals surface area (Å²) in [5.74, 6) is -0.904. The van der Waals surface area contributed by atoms with E-state index in [1.807, 2.05) is 13.8 Å². The van der Waals surface area contributed by atoms with Gasteiger partial charge in [0.1, 0.15) is 6.04 Å². The van der Waals surface area contributed by atoms with E-state index in [0.717, 1.165) is 16.7 Å². The van der Waals surface area contributed by atoms with Crippen molar-refractivity contribution in [3.8, 4) is 0 Å². The molecule has 1 saturated heterocycles. The normalized spacial score (nSPS) is 17.0. The van der Waals surface area contributed by atoms with Gasteiger partial charge in [0.2, 0.25) is 15.9 Å². The molecule has 0 aliphatic carbocycles. The van der Waals surface area contributed by atoms with Crippen molar-refractivity contribution in [3.05, 3.63) is 58.7 Å². The van der Waals surface area contributed by atoms with Crippen molar-refractivity contribution >= 4 is 27.6 Å². The molecule has 1 heterocycles. The molecule has 1 N–H and O–H groups in total. The number of methoxy groups -OCH3 is 1. The molecule has 8 heteroatoms. The molecule has 2 aromatic carbocycles. The second-order valence-electron chi connectivity index (χ2n) is 7.53. The van der Waals surface area contributed by atoms with Crippen LogP contribution in [0.25, 0.3) is 0 Å². The van der Waals surface area contributed by atoms with Gasteiger partial charge in [-0.1, -0.05) is 17.7 Å². The number of nitrogens with one attached hydrogen (secondary N) is 1. The average molecular weight is 431 g/mol. The van der Waals surface area contributed by atoms with E-state index in [-0.39, 0.29) is 11.4 Å². The first-order valence-electron chi connectivity index (χ1n) is 9.74. The Morgan fingerprint density at radius 3 is 2.40 bits per heavy atom. The van der Waals surface area contributed by atoms with Gasteiger partial charge in [0.15, 0.2) is 0 Å². The van der Waals surface area contributed by atoms with Crippen LogP contribution in [-0.2, 0) is 19.6 Å². The van der Waals surface area contributed by atoms with Crippen molar-refractivity contribution in [2.24, 2.45) is 0 Å². The fourth-order valence-electron chi connectivity index (χ4n) is 3.61. The van der Waals surface area contributed by atoms with Crippen LogP contribution < -0.4 is 5.32 Å². The maximum Gasteiger partial charge on any atom is 0.338 e. The van der Waals surface area contributed by atoms with Crippen LogP contribution in [0.1, 0.15) is 39.9 Å². The minimum Gasteiger partial charge on any atom is -0.465 e. The molecule has 3 rings (SSSR count). The predicted octanol–water partition coefficient (Wildman–Crippen LogP) is 3.19. The molecule has 30 heavy (non-hydrogen) atoms. The van der Waals surface area contributed by atoms with Crippen LogP contribution >= 0.6 is 0 Å². The first-order chi connectivity index (χ1) is 14.1. The van der Waals surface area contributed by atoms with Crippen molar-refractivity contribution in [2.45, 2.75) is 44.6 Å². The fourth-order valence-corrected chi connectivity index (χ4v) is 5.27. The Labute approximate surface area is 177 Å². The van der Waals surface area contributed by atoms with E-state index in [4.69, 9.17) is 4.74 Å². The van der Waals surface area contributed by atoms with Crippen molar-refractivity contribution in [1.82, 2.24) is 4.31 Å². The van der Waals surface area contributed by atoms with Crippen molar-refractivity contribution < 1.29 is 22.7 Å². The zero-order valence-corrected chi connectivity index (χ0v) is 18.4. The summed E-state index contributed by atoms with van der Waals surface area (Å²) in [5, 5.41) is 2.78. The Hall–Kier alpha value is -2.71. The van der Waals surface area contributed by atoms with Gasteiger partial charge in [0.05, 0.1) is 17.6 Å². The first-order valence-corrected chi connectivity index (χ1v) is 11.2. The summed E-state index contributed by atoms with van der Waals surface area (Å²) in [6.07, 6.45) is 1.04. The molecule has 1 aliphatic rings. The van der Waals surface area contributed by atoms with Gasteiger partial charge in [0, 0.05) is 12.2 Å². The van der Waals surface area contributed by atoms with E-state index >= 15 is 0 Å². The molecule has 1 fully saturated rings. The standard InChI is InChI=1S/C22H26N2O5S/c1-14-7-9-18(10-8-14)30(27,28)24-11-5-6-20(24)21(25)23-17-12-15(2)16(3)19(13-17)22(26)29-4/h7-10,12-13,20H,5-6,11H2,1-4H3,(H,23,25)/t20-/m0/s1. The predicted molar refractivity (Wildman–Crippen MR) is 114 cm³/mol. The summed E-state index contributed by atoms with van der Waals surface area (Å²) >= 11 is 0. The molecule has 0 aromatic heterocycles. The minimum atomic E-state index is -3.78. The summed E-state index contributed by atoms with van der Waals surface area (Å²) in [7, 11) is -2.48. The van der Waals surface area contributed by atoms with E-state index in [1.165, 1.54) is 11.4 Å². The fraction of sp³-hybridized carbons (Fsp3) is 0.364. The van der Waals surface area contributed by atoms with E-state index < -0.39 is 27.9 Å². The smallest absolute Gasteiger partial charge is 0.338 e. The van der Waals surface area contributed by atoms with Crippen LogP contribution in [0.5, 0.6) is 0 Å². The molecule has 7 nitrogen and oxygen atoms in total. The topological polar surface area (TPSA) is 92.8 Å². The number of anilines is 1. The summed E-state index contributed by atoms with van der Waals surface area (Å²) in [6.45, 7) is 5.81. The van der Waals surface area contributed by atoms with E-state index in [9.17, 15) is 18.0 Å². The van der Waals surface area contributed by atoms with Gasteiger partial charge in [0.25, 0.3) is 0 Å². The van der Waals surface area contributed by atoms with Gasteiger partial charge >= 0.3 is 5.97 Å². The van der Waals surface area contributed by atoms with Crippen LogP contribution in [0.4, 0.5) is 5.69 Å². The molecule has 1 atom stereocenters. The van der Waals surface area contributed by atoms with Gasteiger partial charge in [-0.15, -0.1) is 0 Å². The quantitative estimate of drug-likeness (QED) is 0.736. The highest BCUT2D eigenvalue weighted by Gasteiger charge is 2.39. The van der Waals surface area contributed by atoms with Crippen LogP contribution in [0.2, 0.25) is 0 Å². The largest absolute Gasteiger partial charge is 0.465 e. The number of ether oxygens (including phenoxy) is 1. The van der Waals surface area contributed by atoms with Crippen molar-refractivity contribution in [1.29, 1.82) is 0 Å². The number of carbonyl (C=O) groups is 2. The lowest BCUT2D eigenvalue weighted by molar-refractivity contribution is -0.119. The number of sulfonamides is 1. The van der Waals surface area contributed by atoms with Crippen molar-refractivity contribution in [3.63, 3.8) is 0 Å². The highest BCUT2D eigenvalue weighted by atomic mass is 32.2. The molecular formula is C22H26N2O5S. The molecule has 1 amide bonds. The SMILES string of the molecule is COC(=O)c1cc(NC(=O)[C@@H]2CCCN2S(=O)(=O)c2ccc(C)cc2)cc(C)c1C. The highest BCUT2D eigenvalue weighted by molar-refractivity contribution is 7.89. The second-order valence-corrected chi connectivity index (χ2v) is 9.42. The number of rotatable bonds is 5. The Morgan fingerprint density at radius 1 is 1.10 bits per heavy atom. The maximum absolute atomic E-state index is 13.1. The lowest BCUT2D eigenvalue weighted by Crippen LogP contribution is -2.43. The number of amides is 1. The number of nitrogens with zero attached hydrogens (tertiary/aromatic N) is 1. The molecule has 1 aliphatic heterocycles. The third-order valence-electron chi connectivity index (χ3n) is 5.47. The number of hydrogen-bond donors (Lipinski definition) is 1. The summed E-state index contributed by atoms with van der Waals surface area (Å²) in [5.41, 5.74) is 3.35. The maximum atomic E-state index is 13.1. The van der Waals surface area contributed by atoms with Gasteiger partial charge in [-0.25, -0.2) is 13.2 Å². The van der Waals surface area contributed by atoms with Crippen LogP contribution in [-0.4, -0.2) is 44.3 Å². The highest BCUT2D eigenvalue weighted by Crippen LogP contribution is 2.28. The zero-order chi connectivity index (χ0) is 22.1. The minimum absolute atomic E-state index is 0.173. The number of hydrogen-bond acceptors (Lipinski definition) is 5. The monoisotopic (exact) mass is 430 g/mol. The Kier molecular flexibility index (Phi) is 6.28. The number of carbonyl (C=O) groups excluding carboxylic acids is 2. The molecule has 0 saturated carbocycles. The van der Waals surface area contributed by atoms with Gasteiger partial charge in [-0.05, 0) is 69.0 Å². The summed E-state index contributed by atoms with van der Waals surface area (Å²) < 4.78 is 32.2. The number of benzene rings is 2.